The van der Waals surface area contributed by atoms with Crippen molar-refractivity contribution in [3.63, 3.8) is 0 Å². The van der Waals surface area contributed by atoms with Crippen LogP contribution in [-0.4, -0.2) is 26.9 Å². The van der Waals surface area contributed by atoms with Gasteiger partial charge in [0.2, 0.25) is 5.88 Å². The summed E-state index contributed by atoms with van der Waals surface area (Å²) >= 11 is 0. The van der Waals surface area contributed by atoms with Crippen molar-refractivity contribution in [3.05, 3.63) is 17.2 Å². The first kappa shape index (κ1) is 12.3. The summed E-state index contributed by atoms with van der Waals surface area (Å²) in [6, 6.07) is 0. The van der Waals surface area contributed by atoms with Crippen LogP contribution in [0.1, 0.15) is 11.4 Å². The molecular weight excluding hydrogens is 237 g/mol. The van der Waals surface area contributed by atoms with Gasteiger partial charge in [0.05, 0.1) is 18.5 Å². The number of ether oxygens (including phenoxy) is 1. The van der Waals surface area contributed by atoms with Crippen molar-refractivity contribution in [2.75, 3.05) is 12.8 Å². The van der Waals surface area contributed by atoms with Crippen molar-refractivity contribution in [1.29, 1.82) is 0 Å². The van der Waals surface area contributed by atoms with E-state index in [1.54, 1.807) is 18.7 Å². The molecule has 7 heteroatoms. The Labute approximate surface area is 104 Å². The first-order valence-corrected chi connectivity index (χ1v) is 5.33. The summed E-state index contributed by atoms with van der Waals surface area (Å²) in [5.41, 5.74) is 7.02. The Hall–Kier alpha value is -2.18. The molecule has 0 aliphatic rings. The van der Waals surface area contributed by atoms with E-state index >= 15 is 0 Å². The molecule has 2 aromatic heterocycles. The van der Waals surface area contributed by atoms with Crippen LogP contribution in [0.15, 0.2) is 0 Å². The van der Waals surface area contributed by atoms with Crippen molar-refractivity contribution < 1.29 is 9.13 Å². The van der Waals surface area contributed by atoms with Gasteiger partial charge in [-0.25, -0.2) is 19.0 Å². The molecule has 2 heterocycles. The smallest absolute Gasteiger partial charge is 0.222 e. The maximum atomic E-state index is 13.4. The van der Waals surface area contributed by atoms with E-state index in [1.807, 2.05) is 0 Å². The molecule has 96 valence electrons. The topological polar surface area (TPSA) is 78.8 Å². The van der Waals surface area contributed by atoms with Crippen LogP contribution in [0.2, 0.25) is 0 Å². The Morgan fingerprint density at radius 2 is 1.89 bits per heavy atom. The summed E-state index contributed by atoms with van der Waals surface area (Å²) < 4.78 is 20.2. The number of rotatable bonds is 2. The van der Waals surface area contributed by atoms with E-state index in [9.17, 15) is 4.39 Å². The summed E-state index contributed by atoms with van der Waals surface area (Å²) in [4.78, 5) is 8.03. The SMILES string of the molecule is COc1c(-c2nc(C)c(F)c(N)n2)c(C)nn1C. The molecule has 0 unspecified atom stereocenters. The fraction of sp³-hybridized carbons (Fsp3) is 0.364. The lowest BCUT2D eigenvalue weighted by Gasteiger charge is -2.06. The Kier molecular flexibility index (Phi) is 2.90. The molecule has 0 saturated heterocycles. The number of methoxy groups -OCH3 is 1. The molecule has 0 bridgehead atoms. The first-order chi connectivity index (χ1) is 8.45. The van der Waals surface area contributed by atoms with Crippen molar-refractivity contribution in [1.82, 2.24) is 19.7 Å². The predicted octanol–water partition coefficient (Wildman–Crippen LogP) is 1.22. The van der Waals surface area contributed by atoms with E-state index in [2.05, 4.69) is 15.1 Å². The zero-order valence-corrected chi connectivity index (χ0v) is 10.7. The normalized spacial score (nSPS) is 10.7. The van der Waals surface area contributed by atoms with Crippen LogP contribution in [0.4, 0.5) is 10.2 Å². The number of halogens is 1. The van der Waals surface area contributed by atoms with Crippen LogP contribution in [0.5, 0.6) is 5.88 Å². The van der Waals surface area contributed by atoms with Gasteiger partial charge >= 0.3 is 0 Å². The molecule has 18 heavy (non-hydrogen) atoms. The molecule has 6 nitrogen and oxygen atoms in total. The summed E-state index contributed by atoms with van der Waals surface area (Å²) in [7, 11) is 3.27. The third kappa shape index (κ3) is 1.77. The Morgan fingerprint density at radius 1 is 1.22 bits per heavy atom. The maximum Gasteiger partial charge on any atom is 0.222 e. The second-order valence-electron chi connectivity index (χ2n) is 3.93. The van der Waals surface area contributed by atoms with Gasteiger partial charge in [-0.15, -0.1) is 0 Å². The van der Waals surface area contributed by atoms with E-state index in [-0.39, 0.29) is 11.5 Å². The molecule has 0 aromatic carbocycles. The third-order valence-electron chi connectivity index (χ3n) is 2.63. The van der Waals surface area contributed by atoms with Crippen LogP contribution in [-0.2, 0) is 7.05 Å². The van der Waals surface area contributed by atoms with Crippen molar-refractivity contribution in [2.45, 2.75) is 13.8 Å². The first-order valence-electron chi connectivity index (χ1n) is 5.33. The number of aryl methyl sites for hydroxylation is 3. The van der Waals surface area contributed by atoms with Gasteiger partial charge in [-0.2, -0.15) is 5.10 Å². The average molecular weight is 251 g/mol. The van der Waals surface area contributed by atoms with Gasteiger partial charge in [0.15, 0.2) is 17.5 Å². The number of hydrogen-bond acceptors (Lipinski definition) is 5. The van der Waals surface area contributed by atoms with Gasteiger partial charge in [-0.3, -0.25) is 0 Å². The molecule has 0 aliphatic carbocycles. The lowest BCUT2D eigenvalue weighted by molar-refractivity contribution is 0.374. The van der Waals surface area contributed by atoms with Crippen LogP contribution >= 0.6 is 0 Å². The second-order valence-corrected chi connectivity index (χ2v) is 3.93. The second kappa shape index (κ2) is 4.25. The highest BCUT2D eigenvalue weighted by molar-refractivity contribution is 5.66. The lowest BCUT2D eigenvalue weighted by Crippen LogP contribution is -2.04. The Bertz CT molecular complexity index is 585. The van der Waals surface area contributed by atoms with Crippen LogP contribution in [0, 0.1) is 19.7 Å². The Balaban J connectivity index is 2.69. The molecule has 0 aliphatic heterocycles. The quantitative estimate of drug-likeness (QED) is 0.868. The van der Waals surface area contributed by atoms with E-state index in [0.717, 1.165) is 0 Å². The van der Waals surface area contributed by atoms with E-state index in [0.29, 0.717) is 23.0 Å². The molecule has 0 atom stereocenters. The molecule has 0 saturated carbocycles. The molecular formula is C11H14FN5O. The summed E-state index contributed by atoms with van der Waals surface area (Å²) in [5, 5.41) is 4.22. The highest BCUT2D eigenvalue weighted by Crippen LogP contribution is 2.31. The van der Waals surface area contributed by atoms with E-state index < -0.39 is 5.82 Å². The van der Waals surface area contributed by atoms with Gasteiger partial charge < -0.3 is 10.5 Å². The number of nitrogen functional groups attached to an aromatic ring is 1. The highest BCUT2D eigenvalue weighted by atomic mass is 19.1. The van der Waals surface area contributed by atoms with Crippen LogP contribution in [0.25, 0.3) is 11.4 Å². The van der Waals surface area contributed by atoms with Crippen molar-refractivity contribution in [2.24, 2.45) is 7.05 Å². The zero-order chi connectivity index (χ0) is 13.4. The molecule has 2 rings (SSSR count). The fourth-order valence-corrected chi connectivity index (χ4v) is 1.82. The maximum absolute atomic E-state index is 13.4. The zero-order valence-electron chi connectivity index (χ0n) is 10.7. The van der Waals surface area contributed by atoms with Crippen LogP contribution < -0.4 is 10.5 Å². The lowest BCUT2D eigenvalue weighted by atomic mass is 10.2. The van der Waals surface area contributed by atoms with Gasteiger partial charge in [-0.1, -0.05) is 0 Å². The standard InChI is InChI=1S/C11H14FN5O/c1-5-7(11(18-4)17(3)16-5)10-14-6(2)8(12)9(13)15-10/h1-4H3,(H2,13,14,15). The Morgan fingerprint density at radius 3 is 2.44 bits per heavy atom. The van der Waals surface area contributed by atoms with Crippen molar-refractivity contribution in [3.8, 4) is 17.3 Å². The van der Waals surface area contributed by atoms with Gasteiger partial charge in [-0.05, 0) is 13.8 Å². The van der Waals surface area contributed by atoms with Gasteiger partial charge in [0.1, 0.15) is 5.56 Å². The van der Waals surface area contributed by atoms with Crippen molar-refractivity contribution >= 4 is 5.82 Å². The van der Waals surface area contributed by atoms with Gasteiger partial charge in [0.25, 0.3) is 0 Å². The third-order valence-corrected chi connectivity index (χ3v) is 2.63. The fourth-order valence-electron chi connectivity index (χ4n) is 1.82. The summed E-state index contributed by atoms with van der Waals surface area (Å²) in [6.45, 7) is 3.34. The number of nitrogens with two attached hydrogens (primary N) is 1. The molecule has 0 spiro atoms. The van der Waals surface area contributed by atoms with E-state index in [4.69, 9.17) is 10.5 Å². The minimum atomic E-state index is -0.598. The molecule has 2 N–H and O–H groups in total. The number of nitrogens with zero attached hydrogens (tertiary/aromatic N) is 4. The number of hydrogen-bond donors (Lipinski definition) is 1. The minimum Gasteiger partial charge on any atom is -0.481 e. The largest absolute Gasteiger partial charge is 0.481 e. The predicted molar refractivity (Wildman–Crippen MR) is 64.6 cm³/mol. The minimum absolute atomic E-state index is 0.178. The molecule has 0 radical (unpaired) electrons. The molecule has 0 amide bonds. The van der Waals surface area contributed by atoms with E-state index in [1.165, 1.54) is 14.0 Å². The monoisotopic (exact) mass is 251 g/mol. The number of anilines is 1. The highest BCUT2D eigenvalue weighted by Gasteiger charge is 2.20. The molecule has 2 aromatic rings. The molecule has 0 fully saturated rings. The van der Waals surface area contributed by atoms with Crippen LogP contribution in [0.3, 0.4) is 0 Å². The van der Waals surface area contributed by atoms with Gasteiger partial charge in [0, 0.05) is 7.05 Å². The number of aromatic nitrogens is 4. The average Bonchev–Trinajstić information content (AvgIpc) is 2.59. The summed E-state index contributed by atoms with van der Waals surface area (Å²) in [6.07, 6.45) is 0. The summed E-state index contributed by atoms with van der Waals surface area (Å²) in [5.74, 6) is 0.0498.